The molecule has 3 aromatic rings. The van der Waals surface area contributed by atoms with Gasteiger partial charge in [0.2, 0.25) is 23.6 Å². The summed E-state index contributed by atoms with van der Waals surface area (Å²) in [5, 5.41) is 23.6. The summed E-state index contributed by atoms with van der Waals surface area (Å²) in [6.07, 6.45) is 2.11. The minimum atomic E-state index is -1.37. The molecule has 1 saturated heterocycles. The number of nitrogens with zero attached hydrogens (tertiary/aromatic N) is 3. The molecule has 0 aliphatic carbocycles. The zero-order valence-electron chi connectivity index (χ0n) is 47.5. The molecule has 1 fully saturated rings. The Morgan fingerprint density at radius 1 is 0.667 bits per heavy atom. The van der Waals surface area contributed by atoms with Gasteiger partial charge < -0.3 is 50.9 Å². The number of carboxylic acid groups (broad SMARTS) is 1. The number of hydroxylamine groups is 2. The molecule has 5 rings (SSSR count). The fourth-order valence-corrected chi connectivity index (χ4v) is 10.5. The van der Waals surface area contributed by atoms with E-state index in [1.807, 2.05) is 26.0 Å². The first-order valence-electron chi connectivity index (χ1n) is 27.4. The van der Waals surface area contributed by atoms with Crippen molar-refractivity contribution in [1.82, 2.24) is 41.4 Å². The number of hydrogen-bond donors (Lipinski definition) is 6. The predicted octanol–water partition coefficient (Wildman–Crippen LogP) is 4.65. The molecule has 3 atom stereocenters. The number of carbonyl (C=O) groups excluding carboxylic acids is 11. The standard InChI is InChI=1S/C58H71ClN8O16S/c1-35-18-14-21-41(36(35)2)53(75)61-29-11-13-31-65(32-17-30-62-54(76)42-22-15-23-44(81-37(3)68)52(42)82-38(4)69)47(73)27-26-45(71)60-28-10-7-12-33-66(83-39(5)70)48(74)25-16-24-46(72)63-49(40-19-8-6-9-20-40)55(77)64-50-56(78)67-51(58(79)80)43(59)34-84-57(50)67/h6,8-9,14-15,18-23,49-50,57H,7,10-13,16-17,24-34H2,1-5H3,(H,60,71)(H,61,75)(H,62,76)(H,63,72)(H,64,77)(H,79,80)/t49-,50-,57?/m1/s1. The summed E-state index contributed by atoms with van der Waals surface area (Å²) in [6.45, 7) is 8.47. The number of carbonyl (C=O) groups is 12. The number of esters is 2. The number of para-hydroxylation sites is 1. The summed E-state index contributed by atoms with van der Waals surface area (Å²) in [5.41, 5.74) is 2.46. The van der Waals surface area contributed by atoms with Crippen molar-refractivity contribution >= 4 is 94.5 Å². The molecular weight excluding hydrogens is 1130 g/mol. The van der Waals surface area contributed by atoms with Gasteiger partial charge in [-0.15, -0.1) is 11.8 Å². The Balaban J connectivity index is 1.05. The van der Waals surface area contributed by atoms with E-state index in [9.17, 15) is 62.6 Å². The second-order valence-corrected chi connectivity index (χ2v) is 21.3. The summed E-state index contributed by atoms with van der Waals surface area (Å²) in [5.74, 6) is -7.78. The van der Waals surface area contributed by atoms with Crippen molar-refractivity contribution in [2.24, 2.45) is 0 Å². The molecule has 8 amide bonds. The number of aryl methyl sites for hydroxylation is 1. The average molecular weight is 1200 g/mol. The van der Waals surface area contributed by atoms with Crippen molar-refractivity contribution in [2.75, 3.05) is 45.0 Å². The van der Waals surface area contributed by atoms with E-state index in [-0.39, 0.29) is 110 Å². The summed E-state index contributed by atoms with van der Waals surface area (Å²) in [6, 6.07) is 15.7. The third-order valence-corrected chi connectivity index (χ3v) is 15.1. The Bertz CT molecular complexity index is 2980. The number of unbranched alkanes of at least 4 members (excludes halogenated alkanes) is 3. The molecular formula is C58H71ClN8O16S. The summed E-state index contributed by atoms with van der Waals surface area (Å²) < 4.78 is 10.3. The molecule has 452 valence electrons. The van der Waals surface area contributed by atoms with E-state index in [1.54, 1.807) is 41.3 Å². The first kappa shape index (κ1) is 66.5. The number of rotatable bonds is 31. The van der Waals surface area contributed by atoms with Crippen molar-refractivity contribution in [3.8, 4) is 11.5 Å². The Hall–Kier alpha value is -8.32. The van der Waals surface area contributed by atoms with Crippen LogP contribution in [0.15, 0.2) is 77.5 Å². The summed E-state index contributed by atoms with van der Waals surface area (Å²) >= 11 is 7.26. The lowest BCUT2D eigenvalue weighted by Gasteiger charge is -2.49. The van der Waals surface area contributed by atoms with E-state index in [0.717, 1.165) is 41.9 Å². The molecule has 2 heterocycles. The third kappa shape index (κ3) is 19.9. The van der Waals surface area contributed by atoms with Gasteiger partial charge in [-0.25, -0.2) is 4.79 Å². The third-order valence-electron chi connectivity index (χ3n) is 13.3. The maximum absolute atomic E-state index is 13.6. The number of thioether (sulfide) groups is 1. The minimum absolute atomic E-state index is 0.000517. The fraction of sp³-hybridized carbons (Fsp3) is 0.448. The van der Waals surface area contributed by atoms with Crippen LogP contribution in [0.3, 0.4) is 0 Å². The lowest BCUT2D eigenvalue weighted by molar-refractivity contribution is -0.196. The molecule has 2 aliphatic heterocycles. The van der Waals surface area contributed by atoms with Gasteiger partial charge in [-0.3, -0.25) is 57.6 Å². The largest absolute Gasteiger partial charge is 0.477 e. The number of amides is 8. The van der Waals surface area contributed by atoms with Crippen LogP contribution in [0.5, 0.6) is 11.5 Å². The van der Waals surface area contributed by atoms with Crippen molar-refractivity contribution in [3.63, 3.8) is 0 Å². The predicted molar refractivity (Wildman–Crippen MR) is 306 cm³/mol. The van der Waals surface area contributed by atoms with E-state index >= 15 is 0 Å². The number of β-lactam (4-membered cyclic amide) rings is 1. The van der Waals surface area contributed by atoms with Crippen molar-refractivity contribution in [1.29, 1.82) is 0 Å². The van der Waals surface area contributed by atoms with Crippen LogP contribution >= 0.6 is 23.4 Å². The number of carboxylic acids is 1. The number of aliphatic carboxylic acids is 1. The molecule has 0 spiro atoms. The zero-order valence-corrected chi connectivity index (χ0v) is 49.1. The number of halogens is 1. The second-order valence-electron chi connectivity index (χ2n) is 19.7. The molecule has 0 saturated carbocycles. The number of hydrogen-bond acceptors (Lipinski definition) is 16. The highest BCUT2D eigenvalue weighted by Gasteiger charge is 2.54. The molecule has 1 unspecified atom stereocenters. The molecule has 0 radical (unpaired) electrons. The van der Waals surface area contributed by atoms with Crippen molar-refractivity contribution in [2.45, 2.75) is 123 Å². The van der Waals surface area contributed by atoms with Gasteiger partial charge in [-0.2, -0.15) is 5.06 Å². The summed E-state index contributed by atoms with van der Waals surface area (Å²) in [4.78, 5) is 161. The molecule has 0 bridgehead atoms. The van der Waals surface area contributed by atoms with E-state index in [1.165, 1.54) is 30.0 Å². The number of fused-ring (bicyclic) bond motifs is 1. The topological polar surface area (TPSA) is 323 Å². The van der Waals surface area contributed by atoms with E-state index in [2.05, 4.69) is 26.6 Å². The van der Waals surface area contributed by atoms with Crippen LogP contribution in [-0.4, -0.2) is 148 Å². The van der Waals surface area contributed by atoms with E-state index in [0.29, 0.717) is 62.7 Å². The minimum Gasteiger partial charge on any atom is -0.477 e. The number of benzene rings is 3. The van der Waals surface area contributed by atoms with Gasteiger partial charge in [0.05, 0.1) is 17.1 Å². The van der Waals surface area contributed by atoms with Gasteiger partial charge in [0, 0.05) is 90.5 Å². The van der Waals surface area contributed by atoms with E-state index in [4.69, 9.17) is 25.9 Å². The fourth-order valence-electron chi connectivity index (χ4n) is 8.98. The first-order chi connectivity index (χ1) is 40.1. The highest BCUT2D eigenvalue weighted by Crippen LogP contribution is 2.41. The van der Waals surface area contributed by atoms with Crippen LogP contribution in [0.2, 0.25) is 0 Å². The molecule has 24 nitrogen and oxygen atoms in total. The zero-order chi connectivity index (χ0) is 61.5. The van der Waals surface area contributed by atoms with Crippen LogP contribution in [0.1, 0.15) is 135 Å². The van der Waals surface area contributed by atoms with Gasteiger partial charge in [0.25, 0.3) is 23.6 Å². The first-order valence-corrected chi connectivity index (χ1v) is 28.9. The Labute approximate surface area is 495 Å². The van der Waals surface area contributed by atoms with Gasteiger partial charge in [-0.1, -0.05) is 60.1 Å². The average Bonchev–Trinajstić information content (AvgIpc) is 1.04. The normalized spacial score (nSPS) is 14.5. The molecule has 2 aliphatic rings. The maximum atomic E-state index is 13.6. The van der Waals surface area contributed by atoms with Crippen molar-refractivity contribution in [3.05, 3.63) is 105 Å². The van der Waals surface area contributed by atoms with E-state index < -0.39 is 70.9 Å². The lowest BCUT2D eigenvalue weighted by atomic mass is 10.0. The lowest BCUT2D eigenvalue weighted by Crippen LogP contribution is -2.71. The molecule has 3 aromatic carbocycles. The Morgan fingerprint density at radius 2 is 1.30 bits per heavy atom. The van der Waals surface area contributed by atoms with Crippen LogP contribution in [0, 0.1) is 13.8 Å². The summed E-state index contributed by atoms with van der Waals surface area (Å²) in [7, 11) is 0. The quantitative estimate of drug-likeness (QED) is 0.0168. The number of nitrogens with one attached hydrogen (secondary N) is 5. The highest BCUT2D eigenvalue weighted by molar-refractivity contribution is 8.00. The molecule has 84 heavy (non-hydrogen) atoms. The van der Waals surface area contributed by atoms with Gasteiger partial charge in [0.15, 0.2) is 11.5 Å². The van der Waals surface area contributed by atoms with Crippen LogP contribution in [-0.2, 0) is 52.8 Å². The van der Waals surface area contributed by atoms with Crippen LogP contribution < -0.4 is 36.1 Å². The second kappa shape index (κ2) is 33.1. The Kier molecular flexibility index (Phi) is 26.2. The SMILES string of the molecule is CC(=O)Oc1cccc(C(=O)NCCCN(CCCCNC(=O)c2cccc(C)c2C)C(=O)CCC(=O)NCCCCCN(OC(C)=O)C(=O)CCCC(=O)N[C@@H](C(=O)N[C@@H]2C(=O)N3C(C(=O)O)=C(Cl)CSC23)c2ccccc2)c1OC(C)=O. The molecule has 26 heteroatoms. The van der Waals surface area contributed by atoms with Gasteiger partial charge >= 0.3 is 23.9 Å². The van der Waals surface area contributed by atoms with Crippen LogP contribution in [0.25, 0.3) is 0 Å². The highest BCUT2D eigenvalue weighted by atomic mass is 35.5. The van der Waals surface area contributed by atoms with Crippen LogP contribution in [0.4, 0.5) is 0 Å². The Morgan fingerprint density at radius 3 is 1.99 bits per heavy atom. The molecule has 6 N–H and O–H groups in total. The van der Waals surface area contributed by atoms with Crippen molar-refractivity contribution < 1.29 is 77.0 Å². The maximum Gasteiger partial charge on any atom is 0.353 e. The van der Waals surface area contributed by atoms with Gasteiger partial charge in [0.1, 0.15) is 23.2 Å². The molecule has 0 aromatic heterocycles. The monoisotopic (exact) mass is 1200 g/mol. The van der Waals surface area contributed by atoms with Gasteiger partial charge in [-0.05, 0) is 93.7 Å². The number of ether oxygens (including phenoxy) is 2. The smallest absolute Gasteiger partial charge is 0.353 e.